The van der Waals surface area contributed by atoms with Gasteiger partial charge in [0, 0.05) is 19.2 Å². The van der Waals surface area contributed by atoms with Gasteiger partial charge in [-0.3, -0.25) is 4.79 Å². The predicted molar refractivity (Wildman–Crippen MR) is 73.5 cm³/mol. The Kier molecular flexibility index (Phi) is 3.85. The average molecular weight is 261 g/mol. The van der Waals surface area contributed by atoms with Gasteiger partial charge in [0.15, 0.2) is 0 Å². The summed E-state index contributed by atoms with van der Waals surface area (Å²) in [7, 11) is 0. The Bertz CT molecular complexity index is 409. The van der Waals surface area contributed by atoms with Crippen molar-refractivity contribution in [2.45, 2.75) is 44.9 Å². The van der Waals surface area contributed by atoms with Crippen LogP contribution in [-0.4, -0.2) is 22.4 Å². The molecule has 1 amide bonds. The molecule has 2 N–H and O–H groups in total. The van der Waals surface area contributed by atoms with Gasteiger partial charge in [0.05, 0.1) is 12.0 Å². The van der Waals surface area contributed by atoms with Crippen LogP contribution in [0, 0.1) is 17.8 Å². The number of nitrogens with one attached hydrogen (secondary N) is 2. The zero-order valence-corrected chi connectivity index (χ0v) is 11.4. The Morgan fingerprint density at radius 3 is 3.00 bits per heavy atom. The summed E-state index contributed by atoms with van der Waals surface area (Å²) in [5, 5.41) is 3.02. The number of nitrogens with zero attached hydrogens (tertiary/aromatic N) is 1. The molecule has 1 aromatic rings. The normalized spacial score (nSPS) is 28.1. The molecule has 0 aromatic carbocycles. The molecule has 104 valence electrons. The highest BCUT2D eigenvalue weighted by atomic mass is 16.1. The molecule has 0 saturated heterocycles. The zero-order chi connectivity index (χ0) is 13.1. The third-order valence-corrected chi connectivity index (χ3v) is 4.80. The lowest BCUT2D eigenvalue weighted by Gasteiger charge is -2.24. The Balaban J connectivity index is 1.25. The largest absolute Gasteiger partial charge is 0.356 e. The molecule has 4 heteroatoms. The molecule has 1 heterocycles. The molecule has 0 spiro atoms. The number of amides is 1. The van der Waals surface area contributed by atoms with Crippen molar-refractivity contribution in [3.8, 4) is 0 Å². The number of carbonyl (C=O) groups is 1. The first kappa shape index (κ1) is 12.7. The van der Waals surface area contributed by atoms with Crippen molar-refractivity contribution in [2.24, 2.45) is 17.8 Å². The van der Waals surface area contributed by atoms with E-state index in [1.165, 1.54) is 19.3 Å². The van der Waals surface area contributed by atoms with E-state index in [-0.39, 0.29) is 5.91 Å². The fourth-order valence-electron chi connectivity index (χ4n) is 3.67. The van der Waals surface area contributed by atoms with E-state index in [1.54, 1.807) is 6.33 Å². The Labute approximate surface area is 114 Å². The SMILES string of the molecule is O=C(CCC1CC2CC1C2)NCCCc1c[nH]cn1. The summed E-state index contributed by atoms with van der Waals surface area (Å²) in [6, 6.07) is 0. The molecule has 4 nitrogen and oxygen atoms in total. The van der Waals surface area contributed by atoms with Crippen LogP contribution in [0.3, 0.4) is 0 Å². The molecule has 4 rings (SSSR count). The Morgan fingerprint density at radius 2 is 2.32 bits per heavy atom. The maximum Gasteiger partial charge on any atom is 0.220 e. The van der Waals surface area contributed by atoms with Crippen LogP contribution in [0.4, 0.5) is 0 Å². The number of aromatic nitrogens is 2. The van der Waals surface area contributed by atoms with Crippen LogP contribution in [0.5, 0.6) is 0 Å². The van der Waals surface area contributed by atoms with Crippen molar-refractivity contribution >= 4 is 5.91 Å². The number of hydrogen-bond acceptors (Lipinski definition) is 2. The van der Waals surface area contributed by atoms with Gasteiger partial charge in [0.1, 0.15) is 0 Å². The van der Waals surface area contributed by atoms with E-state index < -0.39 is 0 Å². The third-order valence-electron chi connectivity index (χ3n) is 4.80. The van der Waals surface area contributed by atoms with Crippen molar-refractivity contribution in [3.63, 3.8) is 0 Å². The molecule has 3 fully saturated rings. The van der Waals surface area contributed by atoms with Gasteiger partial charge in [-0.1, -0.05) is 0 Å². The highest BCUT2D eigenvalue weighted by Crippen LogP contribution is 2.53. The second-order valence-electron chi connectivity index (χ2n) is 6.15. The number of aromatic amines is 1. The number of imidazole rings is 1. The second-order valence-corrected chi connectivity index (χ2v) is 6.15. The number of hydrogen-bond donors (Lipinski definition) is 2. The van der Waals surface area contributed by atoms with Gasteiger partial charge in [-0.15, -0.1) is 0 Å². The van der Waals surface area contributed by atoms with Crippen LogP contribution < -0.4 is 5.32 Å². The van der Waals surface area contributed by atoms with E-state index >= 15 is 0 Å². The van der Waals surface area contributed by atoms with Gasteiger partial charge >= 0.3 is 0 Å². The van der Waals surface area contributed by atoms with Crippen LogP contribution in [-0.2, 0) is 11.2 Å². The topological polar surface area (TPSA) is 57.8 Å². The van der Waals surface area contributed by atoms with Crippen molar-refractivity contribution in [3.05, 3.63) is 18.2 Å². The Morgan fingerprint density at radius 1 is 1.42 bits per heavy atom. The van der Waals surface area contributed by atoms with Crippen LogP contribution in [0.1, 0.15) is 44.2 Å². The fourth-order valence-corrected chi connectivity index (χ4v) is 3.67. The molecule has 1 atom stereocenters. The number of fused-ring (bicyclic) bond motifs is 1. The molecule has 1 aromatic heterocycles. The number of rotatable bonds is 7. The maximum atomic E-state index is 11.7. The van der Waals surface area contributed by atoms with E-state index in [0.29, 0.717) is 0 Å². The van der Waals surface area contributed by atoms with Crippen molar-refractivity contribution in [1.29, 1.82) is 0 Å². The first-order valence-electron chi connectivity index (χ1n) is 7.55. The molecule has 1 unspecified atom stereocenters. The molecular weight excluding hydrogens is 238 g/mol. The zero-order valence-electron chi connectivity index (χ0n) is 11.4. The molecule has 3 aliphatic rings. The van der Waals surface area contributed by atoms with Gasteiger partial charge in [-0.25, -0.2) is 4.98 Å². The summed E-state index contributed by atoms with van der Waals surface area (Å²) in [5.74, 6) is 3.04. The van der Waals surface area contributed by atoms with Gasteiger partial charge < -0.3 is 10.3 Å². The molecule has 19 heavy (non-hydrogen) atoms. The van der Waals surface area contributed by atoms with Gasteiger partial charge in [0.25, 0.3) is 0 Å². The Hall–Kier alpha value is -1.32. The number of H-pyrrole nitrogens is 1. The van der Waals surface area contributed by atoms with Crippen LogP contribution in [0.25, 0.3) is 0 Å². The number of carbonyl (C=O) groups excluding carboxylic acids is 1. The molecule has 2 bridgehead atoms. The fraction of sp³-hybridized carbons (Fsp3) is 0.733. The lowest BCUT2D eigenvalue weighted by molar-refractivity contribution is -0.121. The molecule has 3 aliphatic carbocycles. The second kappa shape index (κ2) is 5.76. The van der Waals surface area contributed by atoms with Crippen LogP contribution >= 0.6 is 0 Å². The summed E-state index contributed by atoms with van der Waals surface area (Å²) in [5.41, 5.74) is 1.07. The van der Waals surface area contributed by atoms with E-state index in [9.17, 15) is 4.79 Å². The predicted octanol–water partition coefficient (Wildman–Crippen LogP) is 2.28. The summed E-state index contributed by atoms with van der Waals surface area (Å²) in [6.45, 7) is 0.766. The smallest absolute Gasteiger partial charge is 0.220 e. The van der Waals surface area contributed by atoms with Gasteiger partial charge in [-0.2, -0.15) is 0 Å². The van der Waals surface area contributed by atoms with E-state index in [0.717, 1.165) is 55.7 Å². The number of aryl methyl sites for hydroxylation is 1. The van der Waals surface area contributed by atoms with Gasteiger partial charge in [-0.05, 0) is 56.3 Å². The highest BCUT2D eigenvalue weighted by Gasteiger charge is 2.43. The molecule has 0 aliphatic heterocycles. The minimum absolute atomic E-state index is 0.228. The molecule has 3 saturated carbocycles. The first-order chi connectivity index (χ1) is 9.31. The summed E-state index contributed by atoms with van der Waals surface area (Å²) < 4.78 is 0. The average Bonchev–Trinajstić information content (AvgIpc) is 3.06. The minimum Gasteiger partial charge on any atom is -0.356 e. The van der Waals surface area contributed by atoms with Gasteiger partial charge in [0.2, 0.25) is 5.91 Å². The molecular formula is C15H23N3O. The maximum absolute atomic E-state index is 11.7. The van der Waals surface area contributed by atoms with E-state index in [4.69, 9.17) is 0 Å². The lowest BCUT2D eigenvalue weighted by atomic mass is 9.81. The summed E-state index contributed by atoms with van der Waals surface area (Å²) in [4.78, 5) is 18.9. The van der Waals surface area contributed by atoms with Crippen molar-refractivity contribution < 1.29 is 4.79 Å². The van der Waals surface area contributed by atoms with E-state index in [1.807, 2.05) is 6.20 Å². The highest BCUT2D eigenvalue weighted by molar-refractivity contribution is 5.75. The minimum atomic E-state index is 0.228. The summed E-state index contributed by atoms with van der Waals surface area (Å²) >= 11 is 0. The van der Waals surface area contributed by atoms with Crippen molar-refractivity contribution in [1.82, 2.24) is 15.3 Å². The van der Waals surface area contributed by atoms with Crippen LogP contribution in [0.2, 0.25) is 0 Å². The van der Waals surface area contributed by atoms with E-state index in [2.05, 4.69) is 15.3 Å². The summed E-state index contributed by atoms with van der Waals surface area (Å²) in [6.07, 6.45) is 11.6. The standard InChI is InChI=1S/C15H23N3O/c19-15(4-3-12-6-11-7-13(12)8-11)17-5-1-2-14-9-16-10-18-14/h9-13H,1-8H2,(H,16,18)(H,17,19). The lowest BCUT2D eigenvalue weighted by Crippen LogP contribution is -2.25. The first-order valence-corrected chi connectivity index (χ1v) is 7.55. The van der Waals surface area contributed by atoms with Crippen molar-refractivity contribution in [2.75, 3.05) is 6.54 Å². The third kappa shape index (κ3) is 3.17. The quantitative estimate of drug-likeness (QED) is 0.740. The van der Waals surface area contributed by atoms with Crippen LogP contribution in [0.15, 0.2) is 12.5 Å². The monoisotopic (exact) mass is 261 g/mol. The molecule has 0 radical (unpaired) electrons.